The van der Waals surface area contributed by atoms with Crippen LogP contribution in [0.3, 0.4) is 0 Å². The summed E-state index contributed by atoms with van der Waals surface area (Å²) in [6.45, 7) is 0. The number of rotatable bonds is 5. The topological polar surface area (TPSA) is 103 Å². The zero-order valence-electron chi connectivity index (χ0n) is 52.1. The van der Waals surface area contributed by atoms with Crippen molar-refractivity contribution in [3.8, 4) is 56.2 Å². The Labute approximate surface area is 583 Å². The third kappa shape index (κ3) is 12.2. The van der Waals surface area contributed by atoms with E-state index in [1.807, 2.05) is 121 Å². The summed E-state index contributed by atoms with van der Waals surface area (Å²) in [4.78, 5) is 36.1. The number of benzene rings is 15. The molecule has 0 spiro atoms. The van der Waals surface area contributed by atoms with Gasteiger partial charge in [0.05, 0.1) is 44.8 Å². The van der Waals surface area contributed by atoms with E-state index in [0.29, 0.717) is 0 Å². The van der Waals surface area contributed by atoms with E-state index in [0.717, 1.165) is 137 Å². The monoisotopic (exact) mass is 1340 g/mol. The predicted molar refractivity (Wildman–Crippen MR) is 410 cm³/mol. The smallest absolute Gasteiger partial charge is 0.217 e. The maximum absolute atomic E-state index is 6.30. The van der Waals surface area contributed by atoms with Gasteiger partial charge in [-0.1, -0.05) is 285 Å². The summed E-state index contributed by atoms with van der Waals surface area (Å²) in [5.74, 6) is 0. The van der Waals surface area contributed by atoms with E-state index in [1.165, 1.54) is 27.3 Å². The fourth-order valence-electron chi connectivity index (χ4n) is 13.0. The first kappa shape index (κ1) is 61.3. The molecule has 4 aromatic heterocycles. The molecule has 0 bridgehead atoms. The molecule has 4 heterocycles. The first-order valence-electron chi connectivity index (χ1n) is 31.8. The van der Waals surface area contributed by atoms with Gasteiger partial charge in [0.1, 0.15) is 0 Å². The molecule has 0 atom stereocenters. The van der Waals surface area contributed by atoms with Crippen molar-refractivity contribution in [1.29, 1.82) is 0 Å². The summed E-state index contributed by atoms with van der Waals surface area (Å²) >= 11 is 25.0. The number of fused-ring (bicyclic) bond motifs is 14. The Morgan fingerprint density at radius 1 is 0.163 bits per heavy atom. The summed E-state index contributed by atoms with van der Waals surface area (Å²) in [7, 11) is 0. The van der Waals surface area contributed by atoms with Crippen LogP contribution in [-0.2, 0) is 0 Å². The first-order chi connectivity index (χ1) is 48.2. The highest BCUT2D eigenvalue weighted by molar-refractivity contribution is 6.31. The highest BCUT2D eigenvalue weighted by Gasteiger charge is 2.18. The zero-order valence-corrected chi connectivity index (χ0v) is 55.1. The van der Waals surface area contributed by atoms with Crippen LogP contribution in [0.4, 0.5) is 0 Å². The number of hydrogen-bond acceptors (Lipinski definition) is 8. The van der Waals surface area contributed by atoms with Crippen LogP contribution in [0.2, 0.25) is 21.1 Å². The second kappa shape index (κ2) is 26.9. The average Bonchev–Trinajstić information content (AvgIpc) is 0.867. The van der Waals surface area contributed by atoms with Crippen molar-refractivity contribution in [3.05, 3.63) is 337 Å². The molecule has 0 radical (unpaired) electrons. The van der Waals surface area contributed by atoms with E-state index < -0.39 is 0 Å². The Bertz CT molecular complexity index is 6250. The van der Waals surface area contributed by atoms with Gasteiger partial charge in [0.25, 0.3) is 0 Å². The lowest BCUT2D eigenvalue weighted by Gasteiger charge is -2.11. The highest BCUT2D eigenvalue weighted by Crippen LogP contribution is 2.39. The molecule has 15 aromatic carbocycles. The molecule has 0 fully saturated rings. The highest BCUT2D eigenvalue weighted by atomic mass is 35.5. The zero-order chi connectivity index (χ0) is 66.1. The van der Waals surface area contributed by atoms with Crippen molar-refractivity contribution in [2.45, 2.75) is 0 Å². The van der Waals surface area contributed by atoms with Crippen LogP contribution in [0.1, 0.15) is 0 Å². The molecule has 0 unspecified atom stereocenters. The minimum atomic E-state index is 0.265. The molecule has 0 aliphatic carbocycles. The quantitative estimate of drug-likeness (QED) is 0.124. The van der Waals surface area contributed by atoms with Crippen LogP contribution >= 0.6 is 46.4 Å². The second-order valence-corrected chi connectivity index (χ2v) is 24.8. The molecule has 0 saturated heterocycles. The van der Waals surface area contributed by atoms with Gasteiger partial charge in [-0.2, -0.15) is 0 Å². The maximum Gasteiger partial charge on any atom is 0.223 e. The van der Waals surface area contributed by atoms with Gasteiger partial charge in [-0.15, -0.1) is 0 Å². The average molecular weight is 1340 g/mol. The number of halogens is 4. The van der Waals surface area contributed by atoms with E-state index >= 15 is 0 Å². The van der Waals surface area contributed by atoms with Crippen molar-refractivity contribution in [1.82, 2.24) is 39.9 Å². The molecule has 19 aromatic rings. The minimum Gasteiger partial charge on any atom is -0.217 e. The molecular weight excluding hydrogens is 1290 g/mol. The third-order valence-electron chi connectivity index (χ3n) is 17.6. The largest absolute Gasteiger partial charge is 0.223 e. The lowest BCUT2D eigenvalue weighted by atomic mass is 9.98. The van der Waals surface area contributed by atoms with Gasteiger partial charge in [-0.25, -0.2) is 39.9 Å². The van der Waals surface area contributed by atoms with Gasteiger partial charge in [-0.05, 0) is 131 Å². The minimum absolute atomic E-state index is 0.265. The van der Waals surface area contributed by atoms with E-state index in [9.17, 15) is 0 Å². The Morgan fingerprint density at radius 3 is 0.878 bits per heavy atom. The summed E-state index contributed by atoms with van der Waals surface area (Å²) in [5.41, 5.74) is 13.6. The molecule has 98 heavy (non-hydrogen) atoms. The number of aromatic nitrogens is 8. The Kier molecular flexibility index (Phi) is 16.8. The Morgan fingerprint density at radius 2 is 0.439 bits per heavy atom. The molecule has 8 nitrogen and oxygen atoms in total. The van der Waals surface area contributed by atoms with Gasteiger partial charge in [0.2, 0.25) is 21.1 Å². The molecule has 0 amide bonds. The van der Waals surface area contributed by atoms with Crippen LogP contribution in [0.15, 0.2) is 315 Å². The second-order valence-electron chi connectivity index (χ2n) is 23.5. The van der Waals surface area contributed by atoms with E-state index in [-0.39, 0.29) is 21.1 Å². The summed E-state index contributed by atoms with van der Waals surface area (Å²) in [6, 6.07) is 108. The van der Waals surface area contributed by atoms with Crippen molar-refractivity contribution in [2.75, 3.05) is 0 Å². The molecule has 12 heteroatoms. The van der Waals surface area contributed by atoms with Gasteiger partial charge >= 0.3 is 0 Å². The fraction of sp³-hybridized carbons (Fsp3) is 0. The van der Waals surface area contributed by atoms with Gasteiger partial charge < -0.3 is 0 Å². The van der Waals surface area contributed by atoms with Crippen LogP contribution < -0.4 is 0 Å². The van der Waals surface area contributed by atoms with Crippen LogP contribution in [0, 0.1) is 0 Å². The fourth-order valence-corrected chi connectivity index (χ4v) is 13.7. The molecule has 0 aliphatic heterocycles. The predicted octanol–water partition coefficient (Wildman–Crippen LogP) is 24.4. The van der Waals surface area contributed by atoms with Crippen LogP contribution in [-0.4, -0.2) is 39.9 Å². The van der Waals surface area contributed by atoms with Gasteiger partial charge in [0, 0.05) is 65.3 Å². The van der Waals surface area contributed by atoms with Crippen molar-refractivity contribution < 1.29 is 0 Å². The van der Waals surface area contributed by atoms with Crippen LogP contribution in [0.25, 0.3) is 164 Å². The molecular formula is C86H52Cl4N8. The van der Waals surface area contributed by atoms with Crippen molar-refractivity contribution in [3.63, 3.8) is 0 Å². The molecule has 0 N–H and O–H groups in total. The SMILES string of the molecule is Clc1nc(-c2ccc(-c3ccccc3)cc2)c2ccc3ccccc3c2n1.Clc1nc(-c2ccc3ccccc3c2)c2ccc3ccccc3c2n1.Clc1nc(-c2cccc3ccccc23)c2ccc3ccccc3c2n1.Clc1nc(-c2ccccc2)c2ccc3ccccc3c2n1. The normalized spacial score (nSPS) is 11.3. The Balaban J connectivity index is 0.000000103. The lowest BCUT2D eigenvalue weighted by molar-refractivity contribution is 1.23. The number of hydrogen-bond donors (Lipinski definition) is 0. The van der Waals surface area contributed by atoms with Gasteiger partial charge in [0.15, 0.2) is 0 Å². The molecule has 464 valence electrons. The maximum atomic E-state index is 6.30. The molecule has 0 aliphatic rings. The van der Waals surface area contributed by atoms with Crippen molar-refractivity contribution >= 4 is 155 Å². The van der Waals surface area contributed by atoms with Crippen molar-refractivity contribution in [2.24, 2.45) is 0 Å². The molecule has 0 saturated carbocycles. The third-order valence-corrected chi connectivity index (χ3v) is 18.3. The molecule has 19 rings (SSSR count). The first-order valence-corrected chi connectivity index (χ1v) is 33.3. The van der Waals surface area contributed by atoms with E-state index in [4.69, 9.17) is 46.4 Å². The number of nitrogens with zero attached hydrogens (tertiary/aromatic N) is 8. The summed E-state index contributed by atoms with van der Waals surface area (Å²) in [6.07, 6.45) is 0. The summed E-state index contributed by atoms with van der Waals surface area (Å²) in [5, 5.41) is 18.8. The van der Waals surface area contributed by atoms with Crippen LogP contribution in [0.5, 0.6) is 0 Å². The van der Waals surface area contributed by atoms with E-state index in [2.05, 4.69) is 234 Å². The Hall–Kier alpha value is -11.6. The lowest BCUT2D eigenvalue weighted by Crippen LogP contribution is -1.93. The standard InChI is InChI=1S/C24H15ClN2.2C22H13ClN2.C18H11ClN2/c25-24-26-22(19-12-10-17(11-13-19)16-6-2-1-3-7-16)21-15-14-18-8-4-5-9-20(18)23(21)27-24;23-22-24-20-17-10-4-2-7-15(17)12-13-19(20)21(25-22)18-11-5-8-14-6-1-3-9-16(14)18;23-22-24-20(17-10-9-14-5-1-2-7-16(14)13-17)19-12-11-15-6-3-4-8-18(15)21(19)25-22;19-18-20-16(13-7-2-1-3-8-13)15-11-10-12-6-4-5-9-14(12)17(15)21-18/h1-15H;2*1-13H;1-11H. The van der Waals surface area contributed by atoms with E-state index in [1.54, 1.807) is 0 Å². The van der Waals surface area contributed by atoms with Gasteiger partial charge in [-0.3, -0.25) is 0 Å². The summed E-state index contributed by atoms with van der Waals surface area (Å²) < 4.78 is 0.